The number of nitrogens with zero attached hydrogens (tertiary/aromatic N) is 1. The molecular weight excluding hydrogens is 210 g/mol. The number of carbonyl (C=O) groups is 1. The normalized spacial score (nSPS) is 10.5. The van der Waals surface area contributed by atoms with Crippen LogP contribution in [0.1, 0.15) is 77.6 Å². The average Bonchev–Trinajstić information content (AvgIpc) is 2.35. The Morgan fingerprint density at radius 1 is 0.765 bits per heavy atom. The van der Waals surface area contributed by atoms with Crippen molar-refractivity contribution < 1.29 is 4.79 Å². The van der Waals surface area contributed by atoms with Crippen LogP contribution in [0.25, 0.3) is 0 Å². The summed E-state index contributed by atoms with van der Waals surface area (Å²) >= 11 is 0. The molecule has 0 aromatic carbocycles. The number of hydrogen-bond donors (Lipinski definition) is 0. The van der Waals surface area contributed by atoms with Crippen LogP contribution < -0.4 is 0 Å². The molecule has 2 nitrogen and oxygen atoms in total. The van der Waals surface area contributed by atoms with E-state index in [0.717, 1.165) is 19.4 Å². The Morgan fingerprint density at radius 3 is 1.59 bits per heavy atom. The smallest absolute Gasteiger partial charge is 0.209 e. The van der Waals surface area contributed by atoms with Crippen LogP contribution in [-0.4, -0.2) is 24.9 Å². The topological polar surface area (TPSA) is 20.3 Å². The van der Waals surface area contributed by atoms with Gasteiger partial charge in [-0.15, -0.1) is 0 Å². The second kappa shape index (κ2) is 13.5. The predicted octanol–water partition coefficient (Wildman–Crippen LogP) is 4.39. The monoisotopic (exact) mass is 241 g/mol. The minimum Gasteiger partial charge on any atom is -0.348 e. The van der Waals surface area contributed by atoms with E-state index in [1.807, 2.05) is 7.05 Å². The van der Waals surface area contributed by atoms with Gasteiger partial charge in [0.15, 0.2) is 0 Å². The zero-order valence-corrected chi connectivity index (χ0v) is 11.9. The summed E-state index contributed by atoms with van der Waals surface area (Å²) in [7, 11) is 1.85. The largest absolute Gasteiger partial charge is 0.348 e. The van der Waals surface area contributed by atoms with Gasteiger partial charge in [0, 0.05) is 13.6 Å². The molecule has 0 N–H and O–H groups in total. The van der Waals surface area contributed by atoms with Gasteiger partial charge in [0.2, 0.25) is 6.41 Å². The van der Waals surface area contributed by atoms with Gasteiger partial charge in [-0.25, -0.2) is 0 Å². The van der Waals surface area contributed by atoms with E-state index in [4.69, 9.17) is 0 Å². The maximum absolute atomic E-state index is 10.3. The molecule has 0 aromatic heterocycles. The molecule has 0 atom stereocenters. The van der Waals surface area contributed by atoms with Crippen molar-refractivity contribution in [3.63, 3.8) is 0 Å². The van der Waals surface area contributed by atoms with Crippen LogP contribution in [0, 0.1) is 0 Å². The molecule has 0 aliphatic rings. The van der Waals surface area contributed by atoms with E-state index in [1.54, 1.807) is 4.90 Å². The lowest BCUT2D eigenvalue weighted by Crippen LogP contribution is -2.16. The van der Waals surface area contributed by atoms with Crippen molar-refractivity contribution in [2.24, 2.45) is 0 Å². The van der Waals surface area contributed by atoms with Crippen LogP contribution in [0.5, 0.6) is 0 Å². The number of amides is 1. The zero-order valence-electron chi connectivity index (χ0n) is 11.9. The summed E-state index contributed by atoms with van der Waals surface area (Å²) in [6.07, 6.45) is 15.9. The van der Waals surface area contributed by atoms with Crippen LogP contribution >= 0.6 is 0 Å². The molecule has 0 radical (unpaired) electrons. The SMILES string of the molecule is CCCCCCCCCCCCCN(C)C=O. The summed E-state index contributed by atoms with van der Waals surface area (Å²) in [5.41, 5.74) is 0. The quantitative estimate of drug-likeness (QED) is 0.346. The molecule has 0 heterocycles. The van der Waals surface area contributed by atoms with Crippen LogP contribution in [0.4, 0.5) is 0 Å². The summed E-state index contributed by atoms with van der Waals surface area (Å²) in [5, 5.41) is 0. The molecule has 0 saturated heterocycles. The molecule has 0 aliphatic heterocycles. The van der Waals surface area contributed by atoms with Crippen LogP contribution in [0.15, 0.2) is 0 Å². The van der Waals surface area contributed by atoms with Crippen molar-refractivity contribution in [2.75, 3.05) is 13.6 Å². The van der Waals surface area contributed by atoms with Gasteiger partial charge in [0.1, 0.15) is 0 Å². The maximum Gasteiger partial charge on any atom is 0.209 e. The molecule has 0 fully saturated rings. The summed E-state index contributed by atoms with van der Waals surface area (Å²) in [6, 6.07) is 0. The Bertz CT molecular complexity index is 159. The molecule has 1 amide bonds. The molecule has 0 aromatic rings. The molecule has 0 unspecified atom stereocenters. The first kappa shape index (κ1) is 16.5. The highest BCUT2D eigenvalue weighted by molar-refractivity contribution is 5.46. The van der Waals surface area contributed by atoms with Gasteiger partial charge in [0.25, 0.3) is 0 Å². The van der Waals surface area contributed by atoms with Gasteiger partial charge in [-0.1, -0.05) is 71.1 Å². The highest BCUT2D eigenvalue weighted by Crippen LogP contribution is 2.11. The Labute approximate surface area is 108 Å². The molecular formula is C15H31NO. The van der Waals surface area contributed by atoms with Crippen molar-refractivity contribution in [1.82, 2.24) is 4.90 Å². The summed E-state index contributed by atoms with van der Waals surface area (Å²) in [6.45, 7) is 3.18. The number of carbonyl (C=O) groups excluding carboxylic acids is 1. The first-order chi connectivity index (χ1) is 8.31. The number of hydrogen-bond acceptors (Lipinski definition) is 1. The first-order valence-electron chi connectivity index (χ1n) is 7.46. The van der Waals surface area contributed by atoms with Crippen molar-refractivity contribution >= 4 is 6.41 Å². The fourth-order valence-electron chi connectivity index (χ4n) is 2.08. The third-order valence-electron chi connectivity index (χ3n) is 3.29. The van der Waals surface area contributed by atoms with Gasteiger partial charge in [-0.3, -0.25) is 4.79 Å². The van der Waals surface area contributed by atoms with E-state index in [2.05, 4.69) is 6.92 Å². The van der Waals surface area contributed by atoms with E-state index in [0.29, 0.717) is 0 Å². The second-order valence-corrected chi connectivity index (χ2v) is 5.12. The fraction of sp³-hybridized carbons (Fsp3) is 0.933. The van der Waals surface area contributed by atoms with E-state index >= 15 is 0 Å². The lowest BCUT2D eigenvalue weighted by Gasteiger charge is -2.09. The maximum atomic E-state index is 10.3. The third kappa shape index (κ3) is 13.4. The van der Waals surface area contributed by atoms with Gasteiger partial charge < -0.3 is 4.90 Å². The van der Waals surface area contributed by atoms with Crippen molar-refractivity contribution in [3.05, 3.63) is 0 Å². The minimum absolute atomic E-state index is 0.913. The molecule has 0 saturated carbocycles. The lowest BCUT2D eigenvalue weighted by atomic mass is 10.1. The van der Waals surface area contributed by atoms with Gasteiger partial charge >= 0.3 is 0 Å². The standard InChI is InChI=1S/C15H31NO/c1-3-4-5-6-7-8-9-10-11-12-13-14-16(2)15-17/h15H,3-14H2,1-2H3. The Balaban J connectivity index is 2.96. The molecule has 17 heavy (non-hydrogen) atoms. The number of rotatable bonds is 13. The first-order valence-corrected chi connectivity index (χ1v) is 7.46. The highest BCUT2D eigenvalue weighted by atomic mass is 16.1. The van der Waals surface area contributed by atoms with Crippen LogP contribution in [0.2, 0.25) is 0 Å². The molecule has 0 aliphatic carbocycles. The summed E-state index contributed by atoms with van der Waals surface area (Å²) in [4.78, 5) is 12.1. The lowest BCUT2D eigenvalue weighted by molar-refractivity contribution is -0.117. The molecule has 0 spiro atoms. The highest BCUT2D eigenvalue weighted by Gasteiger charge is 1.95. The fourth-order valence-corrected chi connectivity index (χ4v) is 2.08. The molecule has 0 bridgehead atoms. The molecule has 0 rings (SSSR count). The predicted molar refractivity (Wildman–Crippen MR) is 75.2 cm³/mol. The van der Waals surface area contributed by atoms with Crippen molar-refractivity contribution in [3.8, 4) is 0 Å². The minimum atomic E-state index is 0.913. The van der Waals surface area contributed by atoms with Gasteiger partial charge in [-0.2, -0.15) is 0 Å². The van der Waals surface area contributed by atoms with E-state index < -0.39 is 0 Å². The number of unbranched alkanes of at least 4 members (excludes halogenated alkanes) is 10. The van der Waals surface area contributed by atoms with E-state index in [1.165, 1.54) is 64.2 Å². The Hall–Kier alpha value is -0.530. The summed E-state index contributed by atoms with van der Waals surface area (Å²) < 4.78 is 0. The Morgan fingerprint density at radius 2 is 1.18 bits per heavy atom. The van der Waals surface area contributed by atoms with Gasteiger partial charge in [-0.05, 0) is 6.42 Å². The molecule has 102 valence electrons. The Kier molecular flexibility index (Phi) is 13.1. The third-order valence-corrected chi connectivity index (χ3v) is 3.29. The molecule has 2 heteroatoms. The summed E-state index contributed by atoms with van der Waals surface area (Å²) in [5.74, 6) is 0. The zero-order chi connectivity index (χ0) is 12.8. The van der Waals surface area contributed by atoms with Crippen molar-refractivity contribution in [1.29, 1.82) is 0 Å². The van der Waals surface area contributed by atoms with Crippen LogP contribution in [0.3, 0.4) is 0 Å². The van der Waals surface area contributed by atoms with E-state index in [9.17, 15) is 4.79 Å². The van der Waals surface area contributed by atoms with E-state index in [-0.39, 0.29) is 0 Å². The van der Waals surface area contributed by atoms with Crippen molar-refractivity contribution in [2.45, 2.75) is 77.6 Å². The second-order valence-electron chi connectivity index (χ2n) is 5.12. The van der Waals surface area contributed by atoms with Gasteiger partial charge in [0.05, 0.1) is 0 Å². The average molecular weight is 241 g/mol. The van der Waals surface area contributed by atoms with Crippen LogP contribution in [-0.2, 0) is 4.79 Å².